The van der Waals surface area contributed by atoms with Crippen LogP contribution in [-0.2, 0) is 84.3 Å². The molecule has 0 unspecified atom stereocenters. The van der Waals surface area contributed by atoms with Gasteiger partial charge in [0, 0.05) is 42.7 Å². The van der Waals surface area contributed by atoms with Crippen LogP contribution in [0.2, 0.25) is 0 Å². The molecule has 0 spiro atoms. The van der Waals surface area contributed by atoms with Crippen LogP contribution in [0.1, 0.15) is 11.1 Å². The fourth-order valence-corrected chi connectivity index (χ4v) is 11.3. The van der Waals surface area contributed by atoms with Crippen LogP contribution < -0.4 is 0 Å². The number of hydrogen-bond donors (Lipinski definition) is 0. The highest BCUT2D eigenvalue weighted by atomic mass is 16.7. The molecule has 400 valence electrons. The summed E-state index contributed by atoms with van der Waals surface area (Å²) in [5.74, 6) is 0. The minimum absolute atomic E-state index is 0.246. The Balaban J connectivity index is 0.614. The highest BCUT2D eigenvalue weighted by molar-refractivity contribution is 6.24. The summed E-state index contributed by atoms with van der Waals surface area (Å²) in [4.78, 5) is 0. The van der Waals surface area contributed by atoms with Gasteiger partial charge in [-0.2, -0.15) is 0 Å². The van der Waals surface area contributed by atoms with Gasteiger partial charge in [0.1, 0.15) is 48.8 Å². The van der Waals surface area contributed by atoms with Crippen LogP contribution >= 0.6 is 0 Å². The lowest BCUT2D eigenvalue weighted by molar-refractivity contribution is -0.316. The van der Waals surface area contributed by atoms with E-state index in [0.717, 1.165) is 21.9 Å². The molecule has 8 aromatic carbocycles. The van der Waals surface area contributed by atoms with Gasteiger partial charge < -0.3 is 71.1 Å². The molecule has 2 fully saturated rings. The number of methoxy groups -OCH3 is 6. The topological polar surface area (TPSA) is 138 Å². The van der Waals surface area contributed by atoms with Crippen molar-refractivity contribution in [3.8, 4) is 0 Å². The smallest absolute Gasteiger partial charge is 0.187 e. The van der Waals surface area contributed by atoms with Crippen molar-refractivity contribution in [2.75, 3.05) is 109 Å². The Morgan fingerprint density at radius 2 is 0.627 bits per heavy atom. The average Bonchev–Trinajstić information content (AvgIpc) is 3.45. The normalized spacial score (nSPS) is 24.6. The van der Waals surface area contributed by atoms with E-state index in [4.69, 9.17) is 71.1 Å². The van der Waals surface area contributed by atoms with Gasteiger partial charge in [-0.15, -0.1) is 0 Å². The van der Waals surface area contributed by atoms with E-state index in [0.29, 0.717) is 66.1 Å². The highest BCUT2D eigenvalue weighted by Crippen LogP contribution is 2.39. The molecule has 15 heteroatoms. The third-order valence-electron chi connectivity index (χ3n) is 14.9. The van der Waals surface area contributed by atoms with E-state index in [1.54, 1.807) is 42.7 Å². The summed E-state index contributed by atoms with van der Waals surface area (Å²) < 4.78 is 90.9. The minimum Gasteiger partial charge on any atom is -0.377 e. The van der Waals surface area contributed by atoms with E-state index in [1.807, 2.05) is 0 Å². The molecule has 8 aromatic rings. The summed E-state index contributed by atoms with van der Waals surface area (Å²) in [7, 11) is 9.81. The zero-order valence-electron chi connectivity index (χ0n) is 43.8. The molecule has 0 bridgehead atoms. The first-order chi connectivity index (χ1) is 37.0. The van der Waals surface area contributed by atoms with Gasteiger partial charge in [-0.3, -0.25) is 0 Å². The lowest BCUT2D eigenvalue weighted by Crippen LogP contribution is -2.61. The largest absolute Gasteiger partial charge is 0.377 e. The van der Waals surface area contributed by atoms with Crippen LogP contribution in [0.15, 0.2) is 109 Å². The van der Waals surface area contributed by atoms with Crippen molar-refractivity contribution in [2.24, 2.45) is 0 Å². The maximum absolute atomic E-state index is 6.51. The van der Waals surface area contributed by atoms with Crippen LogP contribution in [0.4, 0.5) is 0 Å². The molecule has 75 heavy (non-hydrogen) atoms. The predicted octanol–water partition coefficient (Wildman–Crippen LogP) is 8.84. The van der Waals surface area contributed by atoms with Gasteiger partial charge in [0.05, 0.1) is 79.3 Å². The zero-order valence-corrected chi connectivity index (χ0v) is 43.8. The molecule has 0 amide bonds. The molecular formula is C60H70O15. The van der Waals surface area contributed by atoms with Gasteiger partial charge in [0.25, 0.3) is 0 Å². The van der Waals surface area contributed by atoms with Crippen molar-refractivity contribution in [2.45, 2.75) is 74.6 Å². The van der Waals surface area contributed by atoms with Crippen LogP contribution in [-0.4, -0.2) is 170 Å². The van der Waals surface area contributed by atoms with Gasteiger partial charge in [-0.25, -0.2) is 0 Å². The SMILES string of the molecule is CO[C@H]1[C@@H](OC)[C@@H](COCCOCCOCCOCCOC[C@H]2O[C@H](OCc3ccc4ccc5cccc6ccc3c4c56)[C@H](OC)[C@@H](OC)[C@H]2OC)O[C@H](OCc2ccc3ccc4cccc5ccc2c3c45)[C@@H]1OC. The molecule has 2 saturated heterocycles. The Kier molecular flexibility index (Phi) is 18.3. The molecule has 2 heterocycles. The standard InChI is InChI=1S/C60H70O15/c1-61-53-47(74-59(57(65-5)55(53)63-3)72-33-43-19-17-41-15-13-37-9-7-11-39-21-23-45(43)51(41)49(37)39)35-70-31-29-68-27-25-67-26-28-69-30-32-71-36-48-54(62-2)56(64-4)58(66-6)60(75-48)73-34-44-20-18-42-16-14-38-10-8-12-40-22-24-46(44)52(42)50(38)40/h7-24,47-48,53-60H,25-36H2,1-6H3/t47-,48-,53+,54+,55+,56+,57-,58-,59+,60+/m1/s1. The maximum Gasteiger partial charge on any atom is 0.187 e. The van der Waals surface area contributed by atoms with Crippen molar-refractivity contribution in [1.29, 1.82) is 0 Å². The van der Waals surface area contributed by atoms with E-state index >= 15 is 0 Å². The fraction of sp³-hybridized carbons (Fsp3) is 0.467. The Morgan fingerprint density at radius 3 is 0.973 bits per heavy atom. The second-order valence-corrected chi connectivity index (χ2v) is 19.1. The second-order valence-electron chi connectivity index (χ2n) is 19.1. The summed E-state index contributed by atoms with van der Waals surface area (Å²) in [6.45, 7) is 4.24. The fourth-order valence-electron chi connectivity index (χ4n) is 11.3. The van der Waals surface area contributed by atoms with Gasteiger partial charge in [0.2, 0.25) is 0 Å². The number of ether oxygens (including phenoxy) is 15. The molecule has 0 saturated carbocycles. The first-order valence-corrected chi connectivity index (χ1v) is 25.9. The van der Waals surface area contributed by atoms with Gasteiger partial charge in [0.15, 0.2) is 12.6 Å². The number of benzene rings is 8. The second kappa shape index (κ2) is 25.6. The van der Waals surface area contributed by atoms with Crippen LogP contribution in [0.3, 0.4) is 0 Å². The predicted molar refractivity (Wildman–Crippen MR) is 286 cm³/mol. The summed E-state index contributed by atoms with van der Waals surface area (Å²) in [5, 5.41) is 14.6. The quantitative estimate of drug-likeness (QED) is 0.0341. The Labute approximate surface area is 437 Å². The molecule has 2 aliphatic heterocycles. The van der Waals surface area contributed by atoms with Crippen molar-refractivity contribution < 1.29 is 71.1 Å². The van der Waals surface area contributed by atoms with Crippen LogP contribution in [0.25, 0.3) is 64.6 Å². The maximum atomic E-state index is 6.51. The summed E-state index contributed by atoms with van der Waals surface area (Å²) in [6, 6.07) is 38.8. The van der Waals surface area contributed by atoms with Gasteiger partial charge >= 0.3 is 0 Å². The highest BCUT2D eigenvalue weighted by Gasteiger charge is 2.49. The third kappa shape index (κ3) is 11.5. The van der Waals surface area contributed by atoms with E-state index in [2.05, 4.69) is 109 Å². The summed E-state index contributed by atoms with van der Waals surface area (Å²) in [6.07, 6.45) is -5.27. The molecule has 2 aliphatic rings. The lowest BCUT2D eigenvalue weighted by atomic mass is 9.92. The first-order valence-electron chi connectivity index (χ1n) is 25.9. The van der Waals surface area contributed by atoms with E-state index < -0.39 is 61.4 Å². The van der Waals surface area contributed by atoms with Crippen molar-refractivity contribution in [3.63, 3.8) is 0 Å². The molecule has 10 rings (SSSR count). The molecule has 0 radical (unpaired) electrons. The molecule has 0 aromatic heterocycles. The van der Waals surface area contributed by atoms with Gasteiger partial charge in [-0.05, 0) is 75.8 Å². The van der Waals surface area contributed by atoms with E-state index in [9.17, 15) is 0 Å². The Bertz CT molecular complexity index is 2810. The lowest BCUT2D eigenvalue weighted by Gasteiger charge is -2.44. The molecule has 0 N–H and O–H groups in total. The van der Waals surface area contributed by atoms with Crippen molar-refractivity contribution in [3.05, 3.63) is 120 Å². The monoisotopic (exact) mass is 1030 g/mol. The van der Waals surface area contributed by atoms with Crippen molar-refractivity contribution >= 4 is 64.6 Å². The van der Waals surface area contributed by atoms with Crippen LogP contribution in [0.5, 0.6) is 0 Å². The van der Waals surface area contributed by atoms with Gasteiger partial charge in [-0.1, -0.05) is 109 Å². The minimum atomic E-state index is -0.727. The Morgan fingerprint density at radius 1 is 0.320 bits per heavy atom. The summed E-state index contributed by atoms with van der Waals surface area (Å²) >= 11 is 0. The molecule has 0 aliphatic carbocycles. The Hall–Kier alpha value is -4.76. The first kappa shape index (κ1) is 53.6. The number of rotatable bonds is 28. The average molecular weight is 1030 g/mol. The molecule has 10 atom stereocenters. The molecule has 15 nitrogen and oxygen atoms in total. The number of hydrogen-bond acceptors (Lipinski definition) is 15. The third-order valence-corrected chi connectivity index (χ3v) is 14.9. The van der Waals surface area contributed by atoms with E-state index in [-0.39, 0.29) is 13.2 Å². The zero-order chi connectivity index (χ0) is 51.7. The van der Waals surface area contributed by atoms with Crippen LogP contribution in [0, 0.1) is 0 Å². The van der Waals surface area contributed by atoms with E-state index in [1.165, 1.54) is 53.9 Å². The summed E-state index contributed by atoms with van der Waals surface area (Å²) in [5.41, 5.74) is 2.13. The molecular weight excluding hydrogens is 961 g/mol. The van der Waals surface area contributed by atoms with Crippen molar-refractivity contribution in [1.82, 2.24) is 0 Å².